The number of aromatic hydroxyl groups is 1. The number of anilines is 1. The van der Waals surface area contributed by atoms with Gasteiger partial charge in [-0.2, -0.15) is 4.98 Å². The number of fused-ring (bicyclic) bond motifs is 3. The van der Waals surface area contributed by atoms with Gasteiger partial charge in [-0.25, -0.2) is 18.2 Å². The number of phenolic OH excluding ortho intramolecular Hbond substituents is 1. The summed E-state index contributed by atoms with van der Waals surface area (Å²) in [5, 5.41) is 19.6. The van der Waals surface area contributed by atoms with E-state index in [1.54, 1.807) is 9.30 Å². The molecule has 0 unspecified atom stereocenters. The van der Waals surface area contributed by atoms with Crippen LogP contribution in [0.2, 0.25) is 0 Å². The van der Waals surface area contributed by atoms with Gasteiger partial charge in [-0.3, -0.25) is 9.69 Å². The molecule has 6 rings (SSSR count). The van der Waals surface area contributed by atoms with Crippen LogP contribution in [0, 0.1) is 11.6 Å². The smallest absolute Gasteiger partial charge is 0.258 e. The van der Waals surface area contributed by atoms with Gasteiger partial charge in [0.1, 0.15) is 23.1 Å². The summed E-state index contributed by atoms with van der Waals surface area (Å²) in [6.45, 7) is 6.26. The molecule has 0 aliphatic carbocycles. The molecule has 1 amide bonds. The van der Waals surface area contributed by atoms with E-state index in [1.807, 2.05) is 11.9 Å². The van der Waals surface area contributed by atoms with Crippen molar-refractivity contribution in [3.63, 3.8) is 0 Å². The molecule has 1 aromatic carbocycles. The van der Waals surface area contributed by atoms with Crippen molar-refractivity contribution >= 4 is 28.5 Å². The van der Waals surface area contributed by atoms with E-state index in [0.717, 1.165) is 25.5 Å². The molecular weight excluding hydrogens is 494 g/mol. The highest BCUT2D eigenvalue weighted by Gasteiger charge is 2.31. The van der Waals surface area contributed by atoms with Crippen molar-refractivity contribution in [1.82, 2.24) is 34.4 Å². The fraction of sp³-hybridized carbons (Fsp3) is 0.346. The lowest BCUT2D eigenvalue weighted by Gasteiger charge is -2.35. The molecule has 2 aliphatic heterocycles. The van der Waals surface area contributed by atoms with E-state index in [2.05, 4.69) is 26.7 Å². The molecule has 0 saturated carbocycles. The average molecular weight is 521 g/mol. The van der Waals surface area contributed by atoms with Gasteiger partial charge in [-0.15, -0.1) is 10.2 Å². The van der Waals surface area contributed by atoms with Gasteiger partial charge in [0, 0.05) is 26.2 Å². The molecule has 0 spiro atoms. The van der Waals surface area contributed by atoms with Crippen LogP contribution in [-0.2, 0) is 4.79 Å². The third-order valence-corrected chi connectivity index (χ3v) is 7.40. The molecule has 0 radical (unpaired) electrons. The molecule has 5 heterocycles. The number of halogens is 2. The van der Waals surface area contributed by atoms with Crippen LogP contribution in [0.1, 0.15) is 24.7 Å². The van der Waals surface area contributed by atoms with Gasteiger partial charge in [-0.05, 0) is 50.7 Å². The lowest BCUT2D eigenvalue weighted by molar-refractivity contribution is -0.126. The van der Waals surface area contributed by atoms with Gasteiger partial charge in [-0.1, -0.05) is 12.6 Å². The Morgan fingerprint density at radius 1 is 1.11 bits per heavy atom. The Kier molecular flexibility index (Phi) is 5.90. The van der Waals surface area contributed by atoms with Crippen molar-refractivity contribution in [3.05, 3.63) is 54.4 Å². The normalized spacial score (nSPS) is 18.6. The van der Waals surface area contributed by atoms with Crippen LogP contribution in [-0.4, -0.2) is 85.2 Å². The minimum atomic E-state index is -0.798. The number of benzene rings is 1. The largest absolute Gasteiger partial charge is 0.507 e. The van der Waals surface area contributed by atoms with E-state index in [9.17, 15) is 14.3 Å². The lowest BCUT2D eigenvalue weighted by atomic mass is 10.1. The topological polar surface area (TPSA) is 103 Å². The Hall–Kier alpha value is -4.19. The molecule has 38 heavy (non-hydrogen) atoms. The first-order valence-corrected chi connectivity index (χ1v) is 12.5. The Morgan fingerprint density at radius 2 is 1.89 bits per heavy atom. The van der Waals surface area contributed by atoms with Crippen LogP contribution >= 0.6 is 0 Å². The van der Waals surface area contributed by atoms with Crippen LogP contribution in [0.25, 0.3) is 28.1 Å². The number of amides is 1. The summed E-state index contributed by atoms with van der Waals surface area (Å²) in [5.41, 5.74) is -0.316. The van der Waals surface area contributed by atoms with Crippen molar-refractivity contribution < 1.29 is 18.7 Å². The molecule has 12 heteroatoms. The number of carbonyl (C=O) groups excluding carboxylic acids is 1. The second-order valence-electron chi connectivity index (χ2n) is 9.61. The summed E-state index contributed by atoms with van der Waals surface area (Å²) in [5.74, 6) is -0.792. The third kappa shape index (κ3) is 3.83. The molecule has 1 N–H and O–H groups in total. The second-order valence-corrected chi connectivity index (χ2v) is 9.61. The quantitative estimate of drug-likeness (QED) is 0.410. The Morgan fingerprint density at radius 3 is 2.58 bits per heavy atom. The highest BCUT2D eigenvalue weighted by Crippen LogP contribution is 2.37. The molecule has 4 aromatic rings. The van der Waals surface area contributed by atoms with Gasteiger partial charge >= 0.3 is 0 Å². The number of rotatable bonds is 4. The highest BCUT2D eigenvalue weighted by molar-refractivity contribution is 5.92. The zero-order chi connectivity index (χ0) is 26.6. The van der Waals surface area contributed by atoms with Crippen LogP contribution < -0.4 is 4.90 Å². The number of carbonyl (C=O) groups is 1. The van der Waals surface area contributed by atoms with Crippen molar-refractivity contribution in [1.29, 1.82) is 0 Å². The average Bonchev–Trinajstić information content (AvgIpc) is 3.53. The van der Waals surface area contributed by atoms with E-state index in [4.69, 9.17) is 4.98 Å². The van der Waals surface area contributed by atoms with Gasteiger partial charge in [0.25, 0.3) is 5.78 Å². The highest BCUT2D eigenvalue weighted by atomic mass is 19.1. The maximum atomic E-state index is 15.6. The molecule has 0 bridgehead atoms. The Balaban J connectivity index is 1.57. The summed E-state index contributed by atoms with van der Waals surface area (Å²) in [6.07, 6.45) is 3.14. The molecular formula is C26H26F2N8O2. The number of likely N-dealkylation sites (tertiary alicyclic amines) is 1. The van der Waals surface area contributed by atoms with Gasteiger partial charge in [0.2, 0.25) is 5.91 Å². The third-order valence-electron chi connectivity index (χ3n) is 7.40. The number of phenols is 1. The number of hydrogen-bond donors (Lipinski definition) is 1. The predicted molar refractivity (Wildman–Crippen MR) is 137 cm³/mol. The van der Waals surface area contributed by atoms with Crippen LogP contribution in [0.15, 0.2) is 36.9 Å². The van der Waals surface area contributed by atoms with Crippen molar-refractivity contribution in [2.45, 2.75) is 18.9 Å². The maximum absolute atomic E-state index is 15.6. The Labute approximate surface area is 216 Å². The first-order chi connectivity index (χ1) is 18.4. The molecule has 1 atom stereocenters. The summed E-state index contributed by atoms with van der Waals surface area (Å²) in [7, 11) is 2.00. The predicted octanol–water partition coefficient (Wildman–Crippen LogP) is 2.92. The standard InChI is InChI=1S/C26H26F2N8O2/c1-3-20(38)34-10-12-35(13-11-34)23-15-14-17(28)22(21-16(27)6-4-8-19(21)37)29-24(15)36-25(31-32-26(36)30-23)18-7-5-9-33(18)2/h3-4,6,8,14,18,37H,1,5,7,9-13H2,2H3/t18-/m0/s1. The molecule has 2 aliphatic rings. The summed E-state index contributed by atoms with van der Waals surface area (Å²) in [4.78, 5) is 27.2. The maximum Gasteiger partial charge on any atom is 0.258 e. The van der Waals surface area contributed by atoms with Gasteiger partial charge in [0.15, 0.2) is 17.3 Å². The molecule has 3 aromatic heterocycles. The van der Waals surface area contributed by atoms with Gasteiger partial charge in [0.05, 0.1) is 17.0 Å². The lowest BCUT2D eigenvalue weighted by Crippen LogP contribution is -2.48. The van der Waals surface area contributed by atoms with Crippen molar-refractivity contribution in [2.75, 3.05) is 44.7 Å². The summed E-state index contributed by atoms with van der Waals surface area (Å²) in [6, 6.07) is 5.02. The van der Waals surface area contributed by atoms with E-state index < -0.39 is 17.4 Å². The summed E-state index contributed by atoms with van der Waals surface area (Å²) < 4.78 is 32.1. The van der Waals surface area contributed by atoms with E-state index in [-0.39, 0.29) is 29.0 Å². The minimum absolute atomic E-state index is 0.0357. The number of aromatic nitrogens is 5. The number of nitrogens with zero attached hydrogens (tertiary/aromatic N) is 8. The molecule has 2 fully saturated rings. The van der Waals surface area contributed by atoms with E-state index in [1.165, 1.54) is 24.3 Å². The number of pyridine rings is 1. The SMILES string of the molecule is C=CC(=O)N1CCN(c2nc3nnc([C@@H]4CCCN4C)n3c3nc(-c4c(O)cccc4F)c(F)cc23)CC1. The fourth-order valence-electron chi connectivity index (χ4n) is 5.42. The van der Waals surface area contributed by atoms with Gasteiger partial charge < -0.3 is 14.9 Å². The van der Waals surface area contributed by atoms with E-state index >= 15 is 4.39 Å². The summed E-state index contributed by atoms with van der Waals surface area (Å²) >= 11 is 0. The van der Waals surface area contributed by atoms with Crippen LogP contribution in [0.4, 0.5) is 14.6 Å². The van der Waals surface area contributed by atoms with Crippen molar-refractivity contribution in [2.24, 2.45) is 0 Å². The zero-order valence-electron chi connectivity index (χ0n) is 20.8. The monoisotopic (exact) mass is 520 g/mol. The first kappa shape index (κ1) is 24.2. The minimum Gasteiger partial charge on any atom is -0.507 e. The zero-order valence-corrected chi connectivity index (χ0v) is 20.8. The van der Waals surface area contributed by atoms with Crippen molar-refractivity contribution in [3.8, 4) is 17.0 Å². The molecule has 2 saturated heterocycles. The fourth-order valence-corrected chi connectivity index (χ4v) is 5.42. The second kappa shape index (κ2) is 9.28. The number of piperazine rings is 1. The Bertz CT molecular complexity index is 1560. The molecule has 196 valence electrons. The van der Waals surface area contributed by atoms with Crippen LogP contribution in [0.5, 0.6) is 5.75 Å². The van der Waals surface area contributed by atoms with Crippen LogP contribution in [0.3, 0.4) is 0 Å². The molecule has 10 nitrogen and oxygen atoms in total. The first-order valence-electron chi connectivity index (χ1n) is 12.5. The number of hydrogen-bond acceptors (Lipinski definition) is 8. The van der Waals surface area contributed by atoms with E-state index in [0.29, 0.717) is 48.9 Å².